The number of hydrogen-bond donors (Lipinski definition) is 0. The highest BCUT2D eigenvalue weighted by atomic mass is 16.2. The van der Waals surface area contributed by atoms with E-state index in [-0.39, 0.29) is 17.9 Å². The second-order valence-electron chi connectivity index (χ2n) is 6.88. The molecule has 0 bridgehead atoms. The van der Waals surface area contributed by atoms with Crippen LogP contribution in [-0.4, -0.2) is 22.8 Å². The number of rotatable bonds is 5. The normalized spacial score (nSPS) is 19.6. The third kappa shape index (κ3) is 3.25. The first-order chi connectivity index (χ1) is 12.8. The van der Waals surface area contributed by atoms with E-state index in [9.17, 15) is 4.79 Å². The number of benzene rings is 2. The van der Waals surface area contributed by atoms with Gasteiger partial charge in [0, 0.05) is 19.2 Å². The summed E-state index contributed by atoms with van der Waals surface area (Å²) in [4.78, 5) is 19.6. The Morgan fingerprint density at radius 2 is 1.62 bits per heavy atom. The lowest BCUT2D eigenvalue weighted by atomic mass is 10.0. The van der Waals surface area contributed by atoms with E-state index in [1.165, 1.54) is 5.56 Å². The molecule has 2 aromatic carbocycles. The minimum atomic E-state index is -0.165. The van der Waals surface area contributed by atoms with Gasteiger partial charge in [-0.1, -0.05) is 66.7 Å². The van der Waals surface area contributed by atoms with Crippen LogP contribution in [0.4, 0.5) is 0 Å². The number of aromatic nitrogens is 1. The van der Waals surface area contributed by atoms with Gasteiger partial charge in [-0.3, -0.25) is 9.78 Å². The van der Waals surface area contributed by atoms with Gasteiger partial charge in [-0.15, -0.1) is 0 Å². The van der Waals surface area contributed by atoms with Crippen LogP contribution in [0.2, 0.25) is 0 Å². The van der Waals surface area contributed by atoms with E-state index in [0.29, 0.717) is 5.92 Å². The highest BCUT2D eigenvalue weighted by molar-refractivity contribution is 5.83. The van der Waals surface area contributed by atoms with Crippen molar-refractivity contribution < 1.29 is 4.79 Å². The van der Waals surface area contributed by atoms with Gasteiger partial charge in [0.05, 0.1) is 11.7 Å². The molecule has 0 radical (unpaired) electrons. The quantitative estimate of drug-likeness (QED) is 0.687. The Kier molecular flexibility index (Phi) is 4.53. The highest BCUT2D eigenvalue weighted by Gasteiger charge is 2.46. The van der Waals surface area contributed by atoms with E-state index in [4.69, 9.17) is 0 Å². The van der Waals surface area contributed by atoms with Gasteiger partial charge in [-0.2, -0.15) is 0 Å². The predicted molar refractivity (Wildman–Crippen MR) is 103 cm³/mol. The summed E-state index contributed by atoms with van der Waals surface area (Å²) >= 11 is 0. The summed E-state index contributed by atoms with van der Waals surface area (Å²) in [6.07, 6.45) is 2.71. The van der Waals surface area contributed by atoms with Gasteiger partial charge in [-0.05, 0) is 35.6 Å². The zero-order valence-electron chi connectivity index (χ0n) is 14.8. The Bertz CT molecular complexity index is 825. The summed E-state index contributed by atoms with van der Waals surface area (Å²) in [5.41, 5.74) is 3.23. The molecular weight excluding hydrogens is 320 g/mol. The largest absolute Gasteiger partial charge is 0.333 e. The Hall–Kier alpha value is -2.94. The van der Waals surface area contributed by atoms with Gasteiger partial charge >= 0.3 is 0 Å². The minimum Gasteiger partial charge on any atom is -0.333 e. The average molecular weight is 342 g/mol. The third-order valence-corrected chi connectivity index (χ3v) is 5.15. The van der Waals surface area contributed by atoms with Gasteiger partial charge in [0.25, 0.3) is 0 Å². The molecule has 26 heavy (non-hydrogen) atoms. The molecule has 3 heteroatoms. The van der Waals surface area contributed by atoms with E-state index in [0.717, 1.165) is 17.7 Å². The van der Waals surface area contributed by atoms with Crippen molar-refractivity contribution in [3.63, 3.8) is 0 Å². The topological polar surface area (TPSA) is 33.2 Å². The summed E-state index contributed by atoms with van der Waals surface area (Å²) in [5, 5.41) is 0. The maximum absolute atomic E-state index is 13.2. The maximum atomic E-state index is 13.2. The van der Waals surface area contributed by atoms with Crippen LogP contribution in [0.25, 0.3) is 0 Å². The summed E-state index contributed by atoms with van der Waals surface area (Å²) in [6.45, 7) is 0. The summed E-state index contributed by atoms with van der Waals surface area (Å²) in [5.74, 6) is 0.599. The van der Waals surface area contributed by atoms with Gasteiger partial charge < -0.3 is 4.90 Å². The summed E-state index contributed by atoms with van der Waals surface area (Å²) in [6, 6.07) is 26.2. The van der Waals surface area contributed by atoms with Crippen LogP contribution in [0.3, 0.4) is 0 Å². The predicted octanol–water partition coefficient (Wildman–Crippen LogP) is 4.43. The lowest BCUT2D eigenvalue weighted by Gasteiger charge is -2.28. The number of hydrogen-bond acceptors (Lipinski definition) is 2. The van der Waals surface area contributed by atoms with Crippen LogP contribution in [0.1, 0.15) is 35.2 Å². The number of carbonyl (C=O) groups excluding carboxylic acids is 1. The van der Waals surface area contributed by atoms with Crippen molar-refractivity contribution in [3.05, 3.63) is 102 Å². The highest BCUT2D eigenvalue weighted by Crippen LogP contribution is 2.49. The monoisotopic (exact) mass is 342 g/mol. The molecule has 0 spiro atoms. The molecule has 3 atom stereocenters. The number of pyridine rings is 1. The second-order valence-corrected chi connectivity index (χ2v) is 6.88. The standard InChI is InChI=1S/C23H22N2O/c1-25(23(26)20-16-19(20)17-10-4-2-5-11-17)22(18-12-6-3-7-13-18)21-14-8-9-15-24-21/h2-15,19-20,22H,16H2,1H3/t19-,20-,22+/m1/s1. The van der Waals surface area contributed by atoms with E-state index in [1.54, 1.807) is 6.20 Å². The Morgan fingerprint density at radius 1 is 0.962 bits per heavy atom. The summed E-state index contributed by atoms with van der Waals surface area (Å²) in [7, 11) is 1.90. The maximum Gasteiger partial charge on any atom is 0.226 e. The van der Waals surface area contributed by atoms with Crippen molar-refractivity contribution >= 4 is 5.91 Å². The van der Waals surface area contributed by atoms with Gasteiger partial charge in [-0.25, -0.2) is 0 Å². The molecule has 130 valence electrons. The van der Waals surface area contributed by atoms with Crippen molar-refractivity contribution in [2.24, 2.45) is 5.92 Å². The fraction of sp³-hybridized carbons (Fsp3) is 0.217. The first-order valence-corrected chi connectivity index (χ1v) is 9.03. The first-order valence-electron chi connectivity index (χ1n) is 9.03. The average Bonchev–Trinajstić information content (AvgIpc) is 3.51. The van der Waals surface area contributed by atoms with Crippen LogP contribution in [0.5, 0.6) is 0 Å². The molecular formula is C23H22N2O. The smallest absolute Gasteiger partial charge is 0.226 e. The SMILES string of the molecule is CN(C(=O)[C@@H]1C[C@@H]1c1ccccc1)[C@@H](c1ccccc1)c1ccccn1. The fourth-order valence-corrected chi connectivity index (χ4v) is 3.69. The van der Waals surface area contributed by atoms with Crippen LogP contribution < -0.4 is 0 Å². The molecule has 1 saturated carbocycles. The van der Waals surface area contributed by atoms with E-state index in [2.05, 4.69) is 29.2 Å². The molecule has 4 rings (SSSR count). The Balaban J connectivity index is 1.59. The molecule has 1 aliphatic rings. The molecule has 1 fully saturated rings. The molecule has 1 aromatic heterocycles. The lowest BCUT2D eigenvalue weighted by Crippen LogP contribution is -2.33. The van der Waals surface area contributed by atoms with Crippen molar-refractivity contribution in [2.75, 3.05) is 7.05 Å². The zero-order chi connectivity index (χ0) is 17.9. The molecule has 0 saturated heterocycles. The van der Waals surface area contributed by atoms with Crippen molar-refractivity contribution in [2.45, 2.75) is 18.4 Å². The third-order valence-electron chi connectivity index (χ3n) is 5.15. The molecule has 0 unspecified atom stereocenters. The van der Waals surface area contributed by atoms with E-state index >= 15 is 0 Å². The van der Waals surface area contributed by atoms with Crippen molar-refractivity contribution in [1.29, 1.82) is 0 Å². The van der Waals surface area contributed by atoms with Gasteiger partial charge in [0.15, 0.2) is 0 Å². The molecule has 1 amide bonds. The molecule has 3 nitrogen and oxygen atoms in total. The molecule has 3 aromatic rings. The zero-order valence-corrected chi connectivity index (χ0v) is 14.8. The van der Waals surface area contributed by atoms with Crippen molar-refractivity contribution in [1.82, 2.24) is 9.88 Å². The molecule has 0 N–H and O–H groups in total. The number of carbonyl (C=O) groups is 1. The van der Waals surface area contributed by atoms with Crippen molar-refractivity contribution in [3.8, 4) is 0 Å². The van der Waals surface area contributed by atoms with Crippen LogP contribution in [0, 0.1) is 5.92 Å². The second kappa shape index (κ2) is 7.12. The minimum absolute atomic E-state index is 0.0670. The number of nitrogens with zero attached hydrogens (tertiary/aromatic N) is 2. The van der Waals surface area contributed by atoms with Gasteiger partial charge in [0.2, 0.25) is 5.91 Å². The molecule has 1 aliphatic carbocycles. The molecule has 1 heterocycles. The van der Waals surface area contributed by atoms with E-state index in [1.807, 2.05) is 66.5 Å². The fourth-order valence-electron chi connectivity index (χ4n) is 3.69. The first kappa shape index (κ1) is 16.5. The van der Waals surface area contributed by atoms with Crippen LogP contribution in [0.15, 0.2) is 85.1 Å². The Morgan fingerprint density at radius 3 is 2.27 bits per heavy atom. The van der Waals surface area contributed by atoms with E-state index < -0.39 is 0 Å². The Labute approximate surface area is 154 Å². The van der Waals surface area contributed by atoms with Gasteiger partial charge in [0.1, 0.15) is 0 Å². The number of amides is 1. The summed E-state index contributed by atoms with van der Waals surface area (Å²) < 4.78 is 0. The van der Waals surface area contributed by atoms with Crippen LogP contribution >= 0.6 is 0 Å². The lowest BCUT2D eigenvalue weighted by molar-refractivity contribution is -0.133. The molecule has 0 aliphatic heterocycles. The van der Waals surface area contributed by atoms with Crippen LogP contribution in [-0.2, 0) is 4.79 Å².